The Morgan fingerprint density at radius 3 is 2.54 bits per heavy atom. The first-order chi connectivity index (χ1) is 11.3. The molecule has 0 aliphatic heterocycles. The van der Waals surface area contributed by atoms with E-state index in [9.17, 15) is 9.59 Å². The summed E-state index contributed by atoms with van der Waals surface area (Å²) in [5, 5.41) is 3.19. The fraction of sp³-hybridized carbons (Fsp3) is 0.294. The van der Waals surface area contributed by atoms with E-state index in [-0.39, 0.29) is 5.76 Å². The van der Waals surface area contributed by atoms with Crippen molar-refractivity contribution in [2.24, 2.45) is 0 Å². The van der Waals surface area contributed by atoms with Gasteiger partial charge < -0.3 is 19.2 Å². The van der Waals surface area contributed by atoms with Gasteiger partial charge in [0.05, 0.1) is 12.8 Å². The molecule has 6 nitrogen and oxygen atoms in total. The molecule has 1 heterocycles. The highest BCUT2D eigenvalue weighted by Gasteiger charge is 2.22. The van der Waals surface area contributed by atoms with Crippen LogP contribution in [0.4, 0.5) is 5.69 Å². The highest BCUT2D eigenvalue weighted by atomic mass is 35.5. The Morgan fingerprint density at radius 1 is 1.25 bits per heavy atom. The second-order valence-electron chi connectivity index (χ2n) is 5.25. The number of rotatable bonds is 5. The first kappa shape index (κ1) is 17.9. The highest BCUT2D eigenvalue weighted by Crippen LogP contribution is 2.31. The number of hydrogen-bond acceptors (Lipinski definition) is 5. The van der Waals surface area contributed by atoms with E-state index in [1.54, 1.807) is 32.0 Å². The Bertz CT molecular complexity index is 768. The maximum absolute atomic E-state index is 12.2. The summed E-state index contributed by atoms with van der Waals surface area (Å²) in [7, 11) is 1.47. The fourth-order valence-electron chi connectivity index (χ4n) is 1.98. The molecule has 0 aliphatic carbocycles. The maximum Gasteiger partial charge on any atom is 0.375 e. The minimum Gasteiger partial charge on any atom is -0.495 e. The Hall–Kier alpha value is -2.47. The van der Waals surface area contributed by atoms with Crippen molar-refractivity contribution >= 4 is 29.2 Å². The molecule has 128 valence electrons. The molecule has 7 heteroatoms. The van der Waals surface area contributed by atoms with Gasteiger partial charge in [0.25, 0.3) is 5.91 Å². The number of carbonyl (C=O) groups is 2. The van der Waals surface area contributed by atoms with E-state index in [4.69, 9.17) is 25.5 Å². The van der Waals surface area contributed by atoms with Crippen molar-refractivity contribution in [3.8, 4) is 5.75 Å². The van der Waals surface area contributed by atoms with Gasteiger partial charge in [-0.25, -0.2) is 4.79 Å². The van der Waals surface area contributed by atoms with Gasteiger partial charge in [0.1, 0.15) is 11.5 Å². The highest BCUT2D eigenvalue weighted by molar-refractivity contribution is 6.31. The maximum atomic E-state index is 12.2. The third-order valence-corrected chi connectivity index (χ3v) is 3.74. The Kier molecular flexibility index (Phi) is 5.51. The van der Waals surface area contributed by atoms with E-state index >= 15 is 0 Å². The number of carbonyl (C=O) groups excluding carboxylic acids is 2. The Balaban J connectivity index is 2.06. The SMILES string of the molecule is COc1cc(Cl)c(C)cc1NC(=O)C(C)OC(=O)c1ccc(C)o1. The van der Waals surface area contributed by atoms with E-state index in [1.807, 2.05) is 0 Å². The van der Waals surface area contributed by atoms with Crippen LogP contribution in [0.15, 0.2) is 28.7 Å². The molecule has 1 N–H and O–H groups in total. The van der Waals surface area contributed by atoms with Gasteiger partial charge in [-0.15, -0.1) is 0 Å². The zero-order valence-electron chi connectivity index (χ0n) is 13.8. The van der Waals surface area contributed by atoms with Crippen LogP contribution in [0.3, 0.4) is 0 Å². The molecule has 0 saturated heterocycles. The number of hydrogen-bond donors (Lipinski definition) is 1. The number of nitrogens with one attached hydrogen (secondary N) is 1. The number of halogens is 1. The summed E-state index contributed by atoms with van der Waals surface area (Å²) in [5.41, 5.74) is 1.23. The standard InChI is InChI=1S/C17H18ClNO5/c1-9-7-13(15(22-4)8-12(9)18)19-16(20)11(3)24-17(21)14-6-5-10(2)23-14/h5-8,11H,1-4H3,(H,19,20). The lowest BCUT2D eigenvalue weighted by atomic mass is 10.2. The summed E-state index contributed by atoms with van der Waals surface area (Å²) in [4.78, 5) is 24.2. The molecule has 0 bridgehead atoms. The van der Waals surface area contributed by atoms with Crippen LogP contribution in [0, 0.1) is 13.8 Å². The molecule has 1 atom stereocenters. The van der Waals surface area contributed by atoms with Crippen LogP contribution in [-0.4, -0.2) is 25.1 Å². The van der Waals surface area contributed by atoms with Gasteiger partial charge >= 0.3 is 5.97 Å². The van der Waals surface area contributed by atoms with Crippen molar-refractivity contribution in [1.82, 2.24) is 0 Å². The average Bonchev–Trinajstić information content (AvgIpc) is 2.97. The summed E-state index contributed by atoms with van der Waals surface area (Å²) >= 11 is 6.03. The molecule has 0 aliphatic rings. The second kappa shape index (κ2) is 7.40. The van der Waals surface area contributed by atoms with Crippen molar-refractivity contribution in [3.63, 3.8) is 0 Å². The number of anilines is 1. The lowest BCUT2D eigenvalue weighted by Crippen LogP contribution is -2.30. The molecule has 1 aromatic heterocycles. The molecule has 2 rings (SSSR count). The van der Waals surface area contributed by atoms with E-state index in [0.29, 0.717) is 22.2 Å². The zero-order valence-corrected chi connectivity index (χ0v) is 14.6. The molecule has 0 radical (unpaired) electrons. The Labute approximate surface area is 144 Å². The predicted octanol–water partition coefficient (Wildman–Crippen LogP) is 3.74. The van der Waals surface area contributed by atoms with Gasteiger partial charge in [-0.3, -0.25) is 4.79 Å². The summed E-state index contributed by atoms with van der Waals surface area (Å²) in [6, 6.07) is 6.43. The van der Waals surface area contributed by atoms with Crippen LogP contribution in [0.25, 0.3) is 0 Å². The minimum absolute atomic E-state index is 0.0482. The van der Waals surface area contributed by atoms with Crippen molar-refractivity contribution in [2.45, 2.75) is 26.9 Å². The van der Waals surface area contributed by atoms with Crippen LogP contribution in [0.1, 0.15) is 28.8 Å². The predicted molar refractivity (Wildman–Crippen MR) is 89.7 cm³/mol. The van der Waals surface area contributed by atoms with Crippen LogP contribution < -0.4 is 10.1 Å². The van der Waals surface area contributed by atoms with Gasteiger partial charge in [0.2, 0.25) is 5.76 Å². The third-order valence-electron chi connectivity index (χ3n) is 3.33. The number of methoxy groups -OCH3 is 1. The van der Waals surface area contributed by atoms with Gasteiger partial charge in [-0.1, -0.05) is 11.6 Å². The largest absolute Gasteiger partial charge is 0.495 e. The van der Waals surface area contributed by atoms with E-state index in [1.165, 1.54) is 20.1 Å². The Morgan fingerprint density at radius 2 is 1.96 bits per heavy atom. The normalized spacial score (nSPS) is 11.7. The van der Waals surface area contributed by atoms with Crippen LogP contribution in [-0.2, 0) is 9.53 Å². The van der Waals surface area contributed by atoms with Gasteiger partial charge in [-0.2, -0.15) is 0 Å². The zero-order chi connectivity index (χ0) is 17.9. The lowest BCUT2D eigenvalue weighted by molar-refractivity contribution is -0.123. The molecule has 1 amide bonds. The van der Waals surface area contributed by atoms with E-state index in [2.05, 4.69) is 5.32 Å². The minimum atomic E-state index is -1.01. The quantitative estimate of drug-likeness (QED) is 0.830. The van der Waals surface area contributed by atoms with Gasteiger partial charge in [-0.05, 0) is 44.5 Å². The molecular weight excluding hydrogens is 334 g/mol. The first-order valence-electron chi connectivity index (χ1n) is 7.24. The number of benzene rings is 1. The molecule has 1 aromatic carbocycles. The summed E-state index contributed by atoms with van der Waals surface area (Å²) in [5.74, 6) is -0.150. The number of amides is 1. The van der Waals surface area contributed by atoms with Crippen LogP contribution >= 0.6 is 11.6 Å². The van der Waals surface area contributed by atoms with Crippen molar-refractivity contribution in [3.05, 3.63) is 46.4 Å². The monoisotopic (exact) mass is 351 g/mol. The third kappa shape index (κ3) is 4.08. The van der Waals surface area contributed by atoms with Crippen LogP contribution in [0.2, 0.25) is 5.02 Å². The molecule has 2 aromatic rings. The van der Waals surface area contributed by atoms with E-state index in [0.717, 1.165) is 5.56 Å². The molecule has 1 unspecified atom stereocenters. The number of aryl methyl sites for hydroxylation is 2. The number of ether oxygens (including phenoxy) is 2. The van der Waals surface area contributed by atoms with Crippen molar-refractivity contribution in [2.75, 3.05) is 12.4 Å². The molecule has 0 fully saturated rings. The first-order valence-corrected chi connectivity index (χ1v) is 7.62. The topological polar surface area (TPSA) is 77.8 Å². The molecule has 0 saturated carbocycles. The van der Waals surface area contributed by atoms with Crippen molar-refractivity contribution < 1.29 is 23.5 Å². The van der Waals surface area contributed by atoms with Gasteiger partial charge in [0.15, 0.2) is 6.10 Å². The second-order valence-corrected chi connectivity index (χ2v) is 5.66. The summed E-state index contributed by atoms with van der Waals surface area (Å²) < 4.78 is 15.5. The molecule has 24 heavy (non-hydrogen) atoms. The summed E-state index contributed by atoms with van der Waals surface area (Å²) in [6.45, 7) is 4.99. The van der Waals surface area contributed by atoms with Crippen molar-refractivity contribution in [1.29, 1.82) is 0 Å². The van der Waals surface area contributed by atoms with Gasteiger partial charge in [0, 0.05) is 11.1 Å². The number of esters is 1. The summed E-state index contributed by atoms with van der Waals surface area (Å²) in [6.07, 6.45) is -1.01. The average molecular weight is 352 g/mol. The smallest absolute Gasteiger partial charge is 0.375 e. The van der Waals surface area contributed by atoms with Crippen LogP contribution in [0.5, 0.6) is 5.75 Å². The van der Waals surface area contributed by atoms with E-state index < -0.39 is 18.0 Å². The lowest BCUT2D eigenvalue weighted by Gasteiger charge is -2.15. The number of furan rings is 1. The fourth-order valence-corrected chi connectivity index (χ4v) is 2.13. The molecular formula is C17H18ClNO5. The molecule has 0 spiro atoms.